The number of carboxylic acids is 1. The van der Waals surface area contributed by atoms with Gasteiger partial charge in [0.15, 0.2) is 5.75 Å². The predicted molar refractivity (Wildman–Crippen MR) is 232 cm³/mol. The van der Waals surface area contributed by atoms with Crippen LogP contribution in [-0.4, -0.2) is 88.9 Å². The summed E-state index contributed by atoms with van der Waals surface area (Å²) in [7, 11) is 0. The Morgan fingerprint density at radius 2 is 1.34 bits per heavy atom. The summed E-state index contributed by atoms with van der Waals surface area (Å²) in [5.41, 5.74) is 7.88. The first-order valence-corrected chi connectivity index (χ1v) is 22.0. The summed E-state index contributed by atoms with van der Waals surface area (Å²) in [5.74, 6) is 1.09. The lowest BCUT2D eigenvalue weighted by atomic mass is 9.53. The molecule has 326 valence electrons. The van der Waals surface area contributed by atoms with Crippen LogP contribution in [0.3, 0.4) is 0 Å². The summed E-state index contributed by atoms with van der Waals surface area (Å²) < 4.78 is 22.5. The van der Waals surface area contributed by atoms with Gasteiger partial charge in [0.1, 0.15) is 35.2 Å². The maximum Gasteiger partial charge on any atom is 0.339 e. The third-order valence-electron chi connectivity index (χ3n) is 12.0. The summed E-state index contributed by atoms with van der Waals surface area (Å²) in [6.07, 6.45) is 10.9. The highest BCUT2D eigenvalue weighted by Crippen LogP contribution is 2.57. The van der Waals surface area contributed by atoms with Gasteiger partial charge in [0.25, 0.3) is 11.8 Å². The number of aromatic carboxylic acids is 1. The summed E-state index contributed by atoms with van der Waals surface area (Å²) in [6.45, 7) is 7.14. The van der Waals surface area contributed by atoms with E-state index in [0.29, 0.717) is 45.0 Å². The summed E-state index contributed by atoms with van der Waals surface area (Å²) >= 11 is 1.37. The zero-order valence-corrected chi connectivity index (χ0v) is 36.0. The molecular formula is C46H52N6O9S. The lowest BCUT2D eigenvalue weighted by molar-refractivity contribution is -0.0828. The number of primary amides is 1. The monoisotopic (exact) mass is 864 g/mol. The molecule has 1 aromatic carbocycles. The molecule has 1 spiro atoms. The number of hydrogen-bond donors (Lipinski definition) is 5. The van der Waals surface area contributed by atoms with Gasteiger partial charge in [-0.1, -0.05) is 12.1 Å². The van der Waals surface area contributed by atoms with Crippen molar-refractivity contribution < 1.29 is 43.9 Å². The van der Waals surface area contributed by atoms with Gasteiger partial charge in [-0.05, 0) is 121 Å². The number of aromatic nitrogens is 4. The number of carbonyl (C=O) groups excluding carboxylic acids is 2. The van der Waals surface area contributed by atoms with Crippen molar-refractivity contribution in [2.24, 2.45) is 11.1 Å². The fourth-order valence-electron chi connectivity index (χ4n) is 8.80. The normalized spacial score (nSPS) is 20.9. The molecule has 5 aromatic heterocycles. The van der Waals surface area contributed by atoms with Crippen LogP contribution in [0.4, 0.5) is 0 Å². The molecule has 0 bridgehead atoms. The first-order chi connectivity index (χ1) is 29.5. The summed E-state index contributed by atoms with van der Waals surface area (Å²) in [6, 6.07) is 15.2. The lowest BCUT2D eigenvalue weighted by Gasteiger charge is -2.57. The van der Waals surface area contributed by atoms with Crippen molar-refractivity contribution in [2.75, 3.05) is 13.2 Å². The van der Waals surface area contributed by atoms with Gasteiger partial charge in [-0.3, -0.25) is 9.59 Å². The van der Waals surface area contributed by atoms with E-state index in [2.05, 4.69) is 15.5 Å². The number of fused-ring (bicyclic) bond motifs is 3. The second-order valence-corrected chi connectivity index (χ2v) is 19.8. The van der Waals surface area contributed by atoms with Crippen LogP contribution >= 0.6 is 11.3 Å². The minimum atomic E-state index is -0.989. The fourth-order valence-corrected chi connectivity index (χ4v) is 9.79. The minimum Gasteiger partial charge on any atom is -0.489 e. The summed E-state index contributed by atoms with van der Waals surface area (Å²) in [4.78, 5) is 37.0. The molecule has 0 unspecified atom stereocenters. The molecule has 4 fully saturated rings. The maximum atomic E-state index is 13.3. The third-order valence-corrected chi connectivity index (χ3v) is 13.2. The largest absolute Gasteiger partial charge is 0.489 e. The number of rotatable bonds is 14. The van der Waals surface area contributed by atoms with Crippen molar-refractivity contribution in [3.8, 4) is 17.2 Å². The van der Waals surface area contributed by atoms with Gasteiger partial charge in [-0.25, -0.2) is 13.8 Å². The molecule has 4 aliphatic rings. The number of nitrogens with one attached hydrogen (secondary N) is 1. The Balaban J connectivity index is 0.000000196. The SMILES string of the molecule is CC(C)(O)COc1ccc2c(C(=O)NC3CC4(C3)CC(Oc3c(C(N)=O)sc5ccccc35)C4)cnn2c1C1CC1.CC(C)(O)COc1ccc2c(C(=O)O)cnn2c1C1CC1. The number of carboxylic acid groups (broad SMARTS) is 1. The predicted octanol–water partition coefficient (Wildman–Crippen LogP) is 6.85. The van der Waals surface area contributed by atoms with Crippen LogP contribution in [-0.2, 0) is 0 Å². The van der Waals surface area contributed by atoms with E-state index in [1.807, 2.05) is 40.9 Å². The molecule has 5 heterocycles. The molecule has 0 saturated heterocycles. The Bertz CT molecular complexity index is 2700. The Hall–Kier alpha value is -5.71. The Morgan fingerprint density at radius 1 is 0.806 bits per heavy atom. The van der Waals surface area contributed by atoms with Crippen LogP contribution in [0.15, 0.2) is 60.9 Å². The quantitative estimate of drug-likeness (QED) is 0.0764. The van der Waals surface area contributed by atoms with Gasteiger partial charge in [0, 0.05) is 28.0 Å². The fraction of sp³-hybridized carbons (Fsp3) is 0.457. The lowest BCUT2D eigenvalue weighted by Crippen LogP contribution is -2.58. The van der Waals surface area contributed by atoms with E-state index in [9.17, 15) is 29.7 Å². The highest BCUT2D eigenvalue weighted by atomic mass is 32.1. The molecule has 10 rings (SSSR count). The number of hydrogen-bond acceptors (Lipinski definition) is 11. The van der Waals surface area contributed by atoms with Gasteiger partial charge in [-0.2, -0.15) is 10.2 Å². The third kappa shape index (κ3) is 8.42. The number of pyridine rings is 2. The van der Waals surface area contributed by atoms with Crippen molar-refractivity contribution in [3.05, 3.63) is 88.3 Å². The van der Waals surface area contributed by atoms with E-state index in [4.69, 9.17) is 19.9 Å². The molecule has 2 amide bonds. The Labute approximate surface area is 361 Å². The molecule has 15 nitrogen and oxygen atoms in total. The molecule has 62 heavy (non-hydrogen) atoms. The number of thiophene rings is 1. The van der Waals surface area contributed by atoms with Crippen LogP contribution in [0.2, 0.25) is 0 Å². The summed E-state index contributed by atoms with van der Waals surface area (Å²) in [5, 5.41) is 42.0. The number of nitrogens with zero attached hydrogens (tertiary/aromatic N) is 4. The Kier molecular flexibility index (Phi) is 10.5. The standard InChI is InChI=1S/C31H34N4O5S.C15H18N2O4/c1-30(2,38)16-39-23-10-9-22-21(15-33-35(22)25(23)17-7-8-17)29(37)34-18-11-31(12-18)13-19(14-31)40-26-20-5-3-4-6-24(20)41-27(26)28(32)36;1-15(2,20)8-21-12-6-5-11-10(14(18)19)7-16-17(11)13(12)9-3-4-9/h3-6,9-10,15,17-19,38H,7-8,11-14,16H2,1-2H3,(H2,32,36)(H,34,37);5-7,9,20H,3-4,8H2,1-2H3,(H,18,19). The molecule has 16 heteroatoms. The number of ether oxygens (including phenoxy) is 3. The molecule has 6 N–H and O–H groups in total. The zero-order valence-electron chi connectivity index (χ0n) is 35.2. The van der Waals surface area contributed by atoms with E-state index >= 15 is 0 Å². The second kappa shape index (κ2) is 15.6. The average molecular weight is 865 g/mol. The first kappa shape index (κ1) is 41.6. The van der Waals surface area contributed by atoms with Gasteiger partial charge in [-0.15, -0.1) is 11.3 Å². The molecule has 4 aliphatic carbocycles. The van der Waals surface area contributed by atoms with E-state index in [-0.39, 0.29) is 42.2 Å². The maximum absolute atomic E-state index is 13.3. The van der Waals surface area contributed by atoms with E-state index in [1.54, 1.807) is 50.5 Å². The van der Waals surface area contributed by atoms with Crippen molar-refractivity contribution in [2.45, 2.75) is 114 Å². The number of amides is 2. The molecule has 6 aromatic rings. The van der Waals surface area contributed by atoms with Crippen LogP contribution in [0.25, 0.3) is 21.1 Å². The van der Waals surface area contributed by atoms with Gasteiger partial charge < -0.3 is 40.6 Å². The van der Waals surface area contributed by atoms with E-state index in [0.717, 1.165) is 78.4 Å². The van der Waals surface area contributed by atoms with Crippen LogP contribution in [0.1, 0.15) is 133 Å². The second-order valence-electron chi connectivity index (χ2n) is 18.8. The molecule has 0 aliphatic heterocycles. The highest BCUT2D eigenvalue weighted by Gasteiger charge is 2.54. The first-order valence-electron chi connectivity index (χ1n) is 21.2. The van der Waals surface area contributed by atoms with Crippen LogP contribution in [0.5, 0.6) is 17.2 Å². The highest BCUT2D eigenvalue weighted by molar-refractivity contribution is 7.21. The number of nitrogens with two attached hydrogens (primary N) is 1. The number of benzene rings is 1. The van der Waals surface area contributed by atoms with Gasteiger partial charge >= 0.3 is 5.97 Å². The van der Waals surface area contributed by atoms with E-state index in [1.165, 1.54) is 17.5 Å². The van der Waals surface area contributed by atoms with Crippen molar-refractivity contribution >= 4 is 50.2 Å². The van der Waals surface area contributed by atoms with Gasteiger partial charge in [0.2, 0.25) is 0 Å². The smallest absolute Gasteiger partial charge is 0.339 e. The van der Waals surface area contributed by atoms with Crippen molar-refractivity contribution in [1.82, 2.24) is 24.5 Å². The molecule has 0 atom stereocenters. The minimum absolute atomic E-state index is 0.0380. The van der Waals surface area contributed by atoms with E-state index < -0.39 is 23.1 Å². The molecule has 4 saturated carbocycles. The number of carbonyl (C=O) groups is 3. The van der Waals surface area contributed by atoms with Gasteiger partial charge in [0.05, 0.1) is 57.7 Å². The zero-order chi connectivity index (χ0) is 43.7. The van der Waals surface area contributed by atoms with Crippen LogP contribution < -0.4 is 25.3 Å². The average Bonchev–Trinajstić information content (AvgIpc) is 4.09. The topological polar surface area (TPSA) is 212 Å². The molecule has 0 radical (unpaired) electrons. The van der Waals surface area contributed by atoms with Crippen molar-refractivity contribution in [1.29, 1.82) is 0 Å². The van der Waals surface area contributed by atoms with Crippen molar-refractivity contribution in [3.63, 3.8) is 0 Å². The Morgan fingerprint density at radius 3 is 1.85 bits per heavy atom. The molecular weight excluding hydrogens is 813 g/mol. The number of aliphatic hydroxyl groups is 2. The van der Waals surface area contributed by atoms with Crippen LogP contribution in [0, 0.1) is 5.41 Å².